The first-order chi connectivity index (χ1) is 9.13. The third-order valence-electron chi connectivity index (χ3n) is 2.16. The van der Waals surface area contributed by atoms with E-state index in [9.17, 15) is 4.79 Å². The van der Waals surface area contributed by atoms with Crippen molar-refractivity contribution in [1.82, 2.24) is 4.98 Å². The van der Waals surface area contributed by atoms with E-state index in [1.807, 2.05) is 12.1 Å². The summed E-state index contributed by atoms with van der Waals surface area (Å²) in [6.45, 7) is -0.0826. The predicted molar refractivity (Wildman–Crippen MR) is 77.5 cm³/mol. The summed E-state index contributed by atoms with van der Waals surface area (Å²) in [6.07, 6.45) is 1.46. The Kier molecular flexibility index (Phi) is 4.76. The lowest BCUT2D eigenvalue weighted by molar-refractivity contribution is -0.118. The van der Waals surface area contributed by atoms with Crippen molar-refractivity contribution < 1.29 is 9.53 Å². The summed E-state index contributed by atoms with van der Waals surface area (Å²) in [6, 6.07) is 10.5. The standard InChI is InChI=1S/C13H10BrClN2O2/c14-9-2-1-3-11(6-9)19-8-13(18)17-12-5-4-10(15)7-16-12/h1-7H,8H2,(H,16,17,18). The van der Waals surface area contributed by atoms with Crippen molar-refractivity contribution in [3.05, 3.63) is 52.1 Å². The normalized spacial score (nSPS) is 10.0. The summed E-state index contributed by atoms with van der Waals surface area (Å²) in [5, 5.41) is 3.13. The maximum atomic E-state index is 11.6. The van der Waals surface area contributed by atoms with Gasteiger partial charge < -0.3 is 10.1 Å². The fourth-order valence-electron chi connectivity index (χ4n) is 1.33. The number of anilines is 1. The number of nitrogens with zero attached hydrogens (tertiary/aromatic N) is 1. The number of carbonyl (C=O) groups is 1. The summed E-state index contributed by atoms with van der Waals surface area (Å²) in [4.78, 5) is 15.6. The number of amides is 1. The smallest absolute Gasteiger partial charge is 0.263 e. The summed E-state index contributed by atoms with van der Waals surface area (Å²) in [7, 11) is 0. The summed E-state index contributed by atoms with van der Waals surface area (Å²) in [5.74, 6) is 0.774. The van der Waals surface area contributed by atoms with E-state index in [0.29, 0.717) is 16.6 Å². The molecule has 4 nitrogen and oxygen atoms in total. The van der Waals surface area contributed by atoms with Gasteiger partial charge in [-0.1, -0.05) is 33.6 Å². The zero-order chi connectivity index (χ0) is 13.7. The Hall–Kier alpha value is -1.59. The Labute approximate surface area is 123 Å². The highest BCUT2D eigenvalue weighted by atomic mass is 79.9. The van der Waals surface area contributed by atoms with Crippen LogP contribution in [0.4, 0.5) is 5.82 Å². The van der Waals surface area contributed by atoms with Crippen LogP contribution in [0, 0.1) is 0 Å². The van der Waals surface area contributed by atoms with Crippen LogP contribution in [-0.2, 0) is 4.79 Å². The Balaban J connectivity index is 1.86. The van der Waals surface area contributed by atoms with Crippen LogP contribution < -0.4 is 10.1 Å². The van der Waals surface area contributed by atoms with E-state index in [1.54, 1.807) is 24.3 Å². The molecule has 0 spiro atoms. The number of ether oxygens (including phenoxy) is 1. The van der Waals surface area contributed by atoms with Gasteiger partial charge >= 0.3 is 0 Å². The summed E-state index contributed by atoms with van der Waals surface area (Å²) >= 11 is 9.03. The number of hydrogen-bond acceptors (Lipinski definition) is 3. The van der Waals surface area contributed by atoms with Crippen LogP contribution in [0.3, 0.4) is 0 Å². The number of halogens is 2. The van der Waals surface area contributed by atoms with E-state index in [2.05, 4.69) is 26.2 Å². The average Bonchev–Trinajstić information content (AvgIpc) is 2.39. The maximum absolute atomic E-state index is 11.6. The summed E-state index contributed by atoms with van der Waals surface area (Å²) in [5.41, 5.74) is 0. The van der Waals surface area contributed by atoms with Crippen LogP contribution in [0.1, 0.15) is 0 Å². The van der Waals surface area contributed by atoms with Crippen molar-refractivity contribution in [3.8, 4) is 5.75 Å². The van der Waals surface area contributed by atoms with Crippen molar-refractivity contribution in [2.45, 2.75) is 0 Å². The Morgan fingerprint density at radius 2 is 2.21 bits per heavy atom. The van der Waals surface area contributed by atoms with Gasteiger partial charge in [-0.25, -0.2) is 4.98 Å². The molecule has 0 fully saturated rings. The van der Waals surface area contributed by atoms with E-state index >= 15 is 0 Å². The minimum absolute atomic E-state index is 0.0826. The van der Waals surface area contributed by atoms with Gasteiger partial charge in [0, 0.05) is 10.7 Å². The van der Waals surface area contributed by atoms with E-state index < -0.39 is 0 Å². The lowest BCUT2D eigenvalue weighted by Crippen LogP contribution is -2.20. The van der Waals surface area contributed by atoms with E-state index in [0.717, 1.165) is 4.47 Å². The molecular weight excluding hydrogens is 332 g/mol. The molecular formula is C13H10BrClN2O2. The highest BCUT2D eigenvalue weighted by Gasteiger charge is 2.04. The molecule has 1 aromatic carbocycles. The van der Waals surface area contributed by atoms with Gasteiger partial charge in [0.15, 0.2) is 6.61 Å². The SMILES string of the molecule is O=C(COc1cccc(Br)c1)Nc1ccc(Cl)cn1. The number of carbonyl (C=O) groups excluding carboxylic acids is 1. The van der Waals surface area contributed by atoms with Crippen LogP contribution in [0.2, 0.25) is 5.02 Å². The Morgan fingerprint density at radius 1 is 1.37 bits per heavy atom. The van der Waals surface area contributed by atoms with E-state index in [-0.39, 0.29) is 12.5 Å². The number of aromatic nitrogens is 1. The maximum Gasteiger partial charge on any atom is 0.263 e. The van der Waals surface area contributed by atoms with Crippen molar-refractivity contribution in [2.75, 3.05) is 11.9 Å². The molecule has 1 amide bonds. The average molecular weight is 342 g/mol. The number of benzene rings is 1. The van der Waals surface area contributed by atoms with Crippen molar-refractivity contribution in [3.63, 3.8) is 0 Å². The topological polar surface area (TPSA) is 51.2 Å². The molecule has 2 rings (SSSR count). The van der Waals surface area contributed by atoms with Crippen LogP contribution >= 0.6 is 27.5 Å². The Bertz CT molecular complexity index is 575. The van der Waals surface area contributed by atoms with Crippen molar-refractivity contribution in [2.24, 2.45) is 0 Å². The molecule has 0 bridgehead atoms. The van der Waals surface area contributed by atoms with Gasteiger partial charge in [0.2, 0.25) is 0 Å². The monoisotopic (exact) mass is 340 g/mol. The minimum Gasteiger partial charge on any atom is -0.484 e. The second kappa shape index (κ2) is 6.54. The zero-order valence-corrected chi connectivity index (χ0v) is 12.1. The van der Waals surface area contributed by atoms with Crippen molar-refractivity contribution in [1.29, 1.82) is 0 Å². The van der Waals surface area contributed by atoms with Crippen LogP contribution in [0.15, 0.2) is 47.1 Å². The molecule has 0 unspecified atom stereocenters. The van der Waals surface area contributed by atoms with Crippen molar-refractivity contribution >= 4 is 39.3 Å². The van der Waals surface area contributed by atoms with Crippen LogP contribution in [0.25, 0.3) is 0 Å². The number of pyridine rings is 1. The van der Waals surface area contributed by atoms with Gasteiger partial charge in [-0.15, -0.1) is 0 Å². The fourth-order valence-corrected chi connectivity index (χ4v) is 1.82. The molecule has 1 aromatic heterocycles. The molecule has 1 N–H and O–H groups in total. The minimum atomic E-state index is -0.283. The second-order valence-corrected chi connectivity index (χ2v) is 5.01. The number of hydrogen-bond donors (Lipinski definition) is 1. The van der Waals surface area contributed by atoms with Gasteiger partial charge in [0.1, 0.15) is 11.6 Å². The quantitative estimate of drug-likeness (QED) is 0.926. The van der Waals surface area contributed by atoms with Crippen LogP contribution in [0.5, 0.6) is 5.75 Å². The highest BCUT2D eigenvalue weighted by molar-refractivity contribution is 9.10. The first kappa shape index (κ1) is 13.8. The lowest BCUT2D eigenvalue weighted by atomic mass is 10.3. The highest BCUT2D eigenvalue weighted by Crippen LogP contribution is 2.17. The first-order valence-electron chi connectivity index (χ1n) is 5.43. The molecule has 0 radical (unpaired) electrons. The molecule has 19 heavy (non-hydrogen) atoms. The molecule has 1 heterocycles. The fraction of sp³-hybridized carbons (Fsp3) is 0.0769. The lowest BCUT2D eigenvalue weighted by Gasteiger charge is -2.07. The number of rotatable bonds is 4. The van der Waals surface area contributed by atoms with Gasteiger partial charge in [0.25, 0.3) is 5.91 Å². The predicted octanol–water partition coefficient (Wildman–Crippen LogP) is 3.52. The van der Waals surface area contributed by atoms with Gasteiger partial charge in [-0.05, 0) is 30.3 Å². The zero-order valence-electron chi connectivity index (χ0n) is 9.77. The molecule has 0 saturated heterocycles. The molecule has 0 aliphatic heterocycles. The van der Waals surface area contributed by atoms with Crippen LogP contribution in [-0.4, -0.2) is 17.5 Å². The molecule has 0 aliphatic carbocycles. The molecule has 98 valence electrons. The van der Waals surface area contributed by atoms with E-state index in [4.69, 9.17) is 16.3 Å². The van der Waals surface area contributed by atoms with Gasteiger partial charge in [0.05, 0.1) is 5.02 Å². The first-order valence-corrected chi connectivity index (χ1v) is 6.60. The molecule has 2 aromatic rings. The Morgan fingerprint density at radius 3 is 2.89 bits per heavy atom. The number of nitrogens with one attached hydrogen (secondary N) is 1. The van der Waals surface area contributed by atoms with E-state index in [1.165, 1.54) is 6.20 Å². The van der Waals surface area contributed by atoms with Gasteiger partial charge in [-0.2, -0.15) is 0 Å². The largest absolute Gasteiger partial charge is 0.484 e. The molecule has 0 atom stereocenters. The molecule has 6 heteroatoms. The molecule has 0 aliphatic rings. The second-order valence-electron chi connectivity index (χ2n) is 3.66. The third kappa shape index (κ3) is 4.54. The van der Waals surface area contributed by atoms with Gasteiger partial charge in [-0.3, -0.25) is 4.79 Å². The third-order valence-corrected chi connectivity index (χ3v) is 2.88. The molecule has 0 saturated carbocycles. The summed E-state index contributed by atoms with van der Waals surface area (Å²) < 4.78 is 6.24.